The van der Waals surface area contributed by atoms with Gasteiger partial charge in [-0.2, -0.15) is 5.10 Å². The fourth-order valence-corrected chi connectivity index (χ4v) is 2.69. The van der Waals surface area contributed by atoms with Crippen LogP contribution < -0.4 is 10.6 Å². The molecule has 3 aromatic rings. The van der Waals surface area contributed by atoms with Gasteiger partial charge in [0.15, 0.2) is 5.82 Å². The predicted molar refractivity (Wildman–Crippen MR) is 95.5 cm³/mol. The van der Waals surface area contributed by atoms with Crippen molar-refractivity contribution in [1.82, 2.24) is 15.5 Å². The number of H-pyrrole nitrogens is 1. The highest BCUT2D eigenvalue weighted by Crippen LogP contribution is 2.28. The lowest BCUT2D eigenvalue weighted by Gasteiger charge is -2.05. The van der Waals surface area contributed by atoms with Crippen molar-refractivity contribution in [1.29, 1.82) is 0 Å². The molecule has 26 heavy (non-hydrogen) atoms. The fourth-order valence-electron chi connectivity index (χ4n) is 2.69. The van der Waals surface area contributed by atoms with E-state index in [9.17, 15) is 14.0 Å². The molecule has 0 unspecified atom stereocenters. The largest absolute Gasteiger partial charge is 0.352 e. The third-order valence-corrected chi connectivity index (χ3v) is 4.41. The van der Waals surface area contributed by atoms with E-state index in [1.165, 1.54) is 37.1 Å². The number of fused-ring (bicyclic) bond motifs is 1. The van der Waals surface area contributed by atoms with Gasteiger partial charge in [0.25, 0.3) is 11.8 Å². The second-order valence-electron chi connectivity index (χ2n) is 6.45. The van der Waals surface area contributed by atoms with Crippen molar-refractivity contribution < 1.29 is 14.0 Å². The minimum Gasteiger partial charge on any atom is -0.352 e. The molecule has 7 heteroatoms. The highest BCUT2D eigenvalue weighted by Gasteiger charge is 2.22. The molecule has 0 radical (unpaired) electrons. The molecule has 1 saturated carbocycles. The van der Waals surface area contributed by atoms with Crippen molar-refractivity contribution in [3.05, 3.63) is 59.4 Å². The third kappa shape index (κ3) is 3.42. The molecule has 1 aromatic heterocycles. The summed E-state index contributed by atoms with van der Waals surface area (Å²) in [5.74, 6) is -0.0280. The number of benzene rings is 2. The number of amides is 2. The van der Waals surface area contributed by atoms with Gasteiger partial charge in [0, 0.05) is 23.1 Å². The van der Waals surface area contributed by atoms with Crippen LogP contribution in [0.15, 0.2) is 42.5 Å². The Morgan fingerprint density at radius 2 is 1.81 bits per heavy atom. The lowest BCUT2D eigenvalue weighted by molar-refractivity contribution is 0.0951. The van der Waals surface area contributed by atoms with E-state index in [0.29, 0.717) is 40.3 Å². The molecule has 0 bridgehead atoms. The standard InChI is InChI=1S/C19H17FN4O2/c20-14-6-3-12(4-7-14)19(26)22-17-15-9-13(5-8-16(15)23-24-17)18(25)21-10-11-1-2-11/h3-9,11H,1-2,10H2,(H,21,25)(H2,22,23,24,26). The first-order valence-corrected chi connectivity index (χ1v) is 8.43. The van der Waals surface area contributed by atoms with Gasteiger partial charge >= 0.3 is 0 Å². The van der Waals surface area contributed by atoms with Crippen molar-refractivity contribution in [2.75, 3.05) is 11.9 Å². The summed E-state index contributed by atoms with van der Waals surface area (Å²) < 4.78 is 13.0. The lowest BCUT2D eigenvalue weighted by Crippen LogP contribution is -2.25. The Labute approximate surface area is 148 Å². The number of nitrogens with zero attached hydrogens (tertiary/aromatic N) is 1. The molecule has 1 aliphatic carbocycles. The van der Waals surface area contributed by atoms with E-state index < -0.39 is 11.7 Å². The van der Waals surface area contributed by atoms with Crippen molar-refractivity contribution in [3.63, 3.8) is 0 Å². The highest BCUT2D eigenvalue weighted by molar-refractivity contribution is 6.09. The maximum Gasteiger partial charge on any atom is 0.256 e. The van der Waals surface area contributed by atoms with Crippen molar-refractivity contribution in [2.45, 2.75) is 12.8 Å². The van der Waals surface area contributed by atoms with Crippen molar-refractivity contribution >= 4 is 28.5 Å². The zero-order chi connectivity index (χ0) is 18.1. The second kappa shape index (κ2) is 6.59. The van der Waals surface area contributed by atoms with E-state index in [2.05, 4.69) is 20.8 Å². The number of carbonyl (C=O) groups excluding carboxylic acids is 2. The van der Waals surface area contributed by atoms with E-state index in [1.54, 1.807) is 18.2 Å². The fraction of sp³-hybridized carbons (Fsp3) is 0.211. The molecule has 0 atom stereocenters. The van der Waals surface area contributed by atoms with Gasteiger partial charge in [-0.15, -0.1) is 0 Å². The van der Waals surface area contributed by atoms with E-state index in [4.69, 9.17) is 0 Å². The SMILES string of the molecule is O=C(NCC1CC1)c1ccc2[nH]nc(NC(=O)c3ccc(F)cc3)c2c1. The molecule has 1 aliphatic rings. The van der Waals surface area contributed by atoms with Crippen LogP contribution >= 0.6 is 0 Å². The normalized spacial score (nSPS) is 13.6. The predicted octanol–water partition coefficient (Wildman–Crippen LogP) is 3.09. The summed E-state index contributed by atoms with van der Waals surface area (Å²) in [7, 11) is 0. The molecule has 6 nitrogen and oxygen atoms in total. The van der Waals surface area contributed by atoms with E-state index >= 15 is 0 Å². The van der Waals surface area contributed by atoms with Crippen LogP contribution in [0.1, 0.15) is 33.6 Å². The van der Waals surface area contributed by atoms with Crippen LogP contribution in [-0.2, 0) is 0 Å². The van der Waals surface area contributed by atoms with Crippen molar-refractivity contribution in [3.8, 4) is 0 Å². The van der Waals surface area contributed by atoms with E-state index in [-0.39, 0.29) is 5.91 Å². The molecule has 2 aromatic carbocycles. The summed E-state index contributed by atoms with van der Waals surface area (Å²) in [5, 5.41) is 13.2. The molecule has 0 aliphatic heterocycles. The Bertz CT molecular complexity index is 977. The summed E-state index contributed by atoms with van der Waals surface area (Å²) in [6, 6.07) is 10.4. The second-order valence-corrected chi connectivity index (χ2v) is 6.45. The number of hydrogen-bond acceptors (Lipinski definition) is 3. The molecule has 2 amide bonds. The van der Waals surface area contributed by atoms with Gasteiger partial charge in [-0.1, -0.05) is 0 Å². The van der Waals surface area contributed by atoms with E-state index in [1.807, 2.05) is 0 Å². The third-order valence-electron chi connectivity index (χ3n) is 4.41. The molecule has 0 spiro atoms. The van der Waals surface area contributed by atoms with Crippen LogP contribution in [0.5, 0.6) is 0 Å². The van der Waals surface area contributed by atoms with Gasteiger partial charge in [0.1, 0.15) is 5.82 Å². The van der Waals surface area contributed by atoms with Crippen LogP contribution in [0, 0.1) is 11.7 Å². The molecule has 0 saturated heterocycles. The van der Waals surface area contributed by atoms with Gasteiger partial charge in [0.05, 0.1) is 5.52 Å². The smallest absolute Gasteiger partial charge is 0.256 e. The molecular formula is C19H17FN4O2. The van der Waals surface area contributed by atoms with E-state index in [0.717, 1.165) is 0 Å². The van der Waals surface area contributed by atoms with Crippen LogP contribution in [0.2, 0.25) is 0 Å². The van der Waals surface area contributed by atoms with Gasteiger partial charge in [0.2, 0.25) is 0 Å². The zero-order valence-corrected chi connectivity index (χ0v) is 13.9. The molecular weight excluding hydrogens is 335 g/mol. The highest BCUT2D eigenvalue weighted by atomic mass is 19.1. The van der Waals surface area contributed by atoms with Crippen molar-refractivity contribution in [2.24, 2.45) is 5.92 Å². The minimum absolute atomic E-state index is 0.143. The molecule has 1 heterocycles. The average molecular weight is 352 g/mol. The van der Waals surface area contributed by atoms with Crippen LogP contribution in [0.25, 0.3) is 10.9 Å². The number of carbonyl (C=O) groups is 2. The first-order chi connectivity index (χ1) is 12.6. The van der Waals surface area contributed by atoms with Gasteiger partial charge in [-0.25, -0.2) is 4.39 Å². The number of nitrogens with one attached hydrogen (secondary N) is 3. The van der Waals surface area contributed by atoms with Crippen LogP contribution in [0.4, 0.5) is 10.2 Å². The Morgan fingerprint density at radius 1 is 1.08 bits per heavy atom. The Kier molecular flexibility index (Phi) is 4.12. The summed E-state index contributed by atoms with van der Waals surface area (Å²) in [5.41, 5.74) is 1.54. The molecule has 4 rings (SSSR count). The Hall–Kier alpha value is -3.22. The topological polar surface area (TPSA) is 86.9 Å². The van der Waals surface area contributed by atoms with Crippen LogP contribution in [-0.4, -0.2) is 28.6 Å². The molecule has 1 fully saturated rings. The first-order valence-electron chi connectivity index (χ1n) is 8.43. The van der Waals surface area contributed by atoms with Gasteiger partial charge in [-0.3, -0.25) is 14.7 Å². The van der Waals surface area contributed by atoms with Crippen LogP contribution in [0.3, 0.4) is 0 Å². The lowest BCUT2D eigenvalue weighted by atomic mass is 10.1. The summed E-state index contributed by atoms with van der Waals surface area (Å²) in [6.45, 7) is 0.691. The zero-order valence-electron chi connectivity index (χ0n) is 13.9. The van der Waals surface area contributed by atoms with Gasteiger partial charge in [-0.05, 0) is 61.2 Å². The maximum atomic E-state index is 13.0. The number of hydrogen-bond donors (Lipinski definition) is 3. The number of aromatic nitrogens is 2. The number of rotatable bonds is 5. The Morgan fingerprint density at radius 3 is 2.54 bits per heavy atom. The molecule has 3 N–H and O–H groups in total. The summed E-state index contributed by atoms with van der Waals surface area (Å²) in [4.78, 5) is 24.6. The number of aromatic amines is 1. The minimum atomic E-state index is -0.409. The Balaban J connectivity index is 1.54. The summed E-state index contributed by atoms with van der Waals surface area (Å²) >= 11 is 0. The quantitative estimate of drug-likeness (QED) is 0.659. The van der Waals surface area contributed by atoms with Gasteiger partial charge < -0.3 is 10.6 Å². The monoisotopic (exact) mass is 352 g/mol. The molecule has 132 valence electrons. The maximum absolute atomic E-state index is 13.0. The number of anilines is 1. The number of halogens is 1. The first kappa shape index (κ1) is 16.3. The summed E-state index contributed by atoms with van der Waals surface area (Å²) in [6.07, 6.45) is 2.33. The average Bonchev–Trinajstić information content (AvgIpc) is 3.40.